The molecule has 0 unspecified atom stereocenters. The Morgan fingerprint density at radius 3 is 2.47 bits per heavy atom. The number of allylic oxidation sites excluding steroid dienone is 2. The number of carboxylic acid groups (broad SMARTS) is 1. The summed E-state index contributed by atoms with van der Waals surface area (Å²) in [6.45, 7) is 0. The van der Waals surface area contributed by atoms with E-state index < -0.39 is 29.3 Å². The van der Waals surface area contributed by atoms with E-state index in [1.165, 1.54) is 0 Å². The van der Waals surface area contributed by atoms with Gasteiger partial charge in [-0.3, -0.25) is 14.4 Å². The maximum atomic E-state index is 11.2. The Balaban J connectivity index is 2.81. The van der Waals surface area contributed by atoms with Gasteiger partial charge in [0.1, 0.15) is 6.04 Å². The summed E-state index contributed by atoms with van der Waals surface area (Å²) in [4.78, 5) is 32.6. The first-order valence-corrected chi connectivity index (χ1v) is 4.10. The van der Waals surface area contributed by atoms with Gasteiger partial charge in [-0.2, -0.15) is 0 Å². The van der Waals surface area contributed by atoms with Gasteiger partial charge in [0.15, 0.2) is 11.5 Å². The van der Waals surface area contributed by atoms with Crippen LogP contribution in [0.3, 0.4) is 0 Å². The van der Waals surface area contributed by atoms with Crippen LogP contribution >= 0.6 is 0 Å². The topological polar surface area (TPSA) is 118 Å². The van der Waals surface area contributed by atoms with Crippen molar-refractivity contribution in [2.75, 3.05) is 0 Å². The first kappa shape index (κ1) is 11.1. The molecule has 0 aromatic rings. The Morgan fingerprint density at radius 1 is 1.33 bits per heavy atom. The van der Waals surface area contributed by atoms with Crippen LogP contribution in [0.2, 0.25) is 0 Å². The summed E-state index contributed by atoms with van der Waals surface area (Å²) in [6, 6.07) is -1.23. The van der Waals surface area contributed by atoms with Crippen molar-refractivity contribution < 1.29 is 24.6 Å². The second kappa shape index (κ2) is 4.05. The highest BCUT2D eigenvalue weighted by Gasteiger charge is 2.23. The molecule has 0 aromatic heterocycles. The molecule has 15 heavy (non-hydrogen) atoms. The lowest BCUT2D eigenvalue weighted by atomic mass is 9.96. The van der Waals surface area contributed by atoms with E-state index in [2.05, 4.69) is 0 Å². The van der Waals surface area contributed by atoms with Gasteiger partial charge in [0.2, 0.25) is 5.78 Å². The molecular weight excluding hydrogens is 202 g/mol. The van der Waals surface area contributed by atoms with E-state index in [4.69, 9.17) is 15.9 Å². The molecule has 0 heterocycles. The molecule has 4 N–H and O–H groups in total. The van der Waals surface area contributed by atoms with Crippen LogP contribution in [0.4, 0.5) is 0 Å². The molecule has 0 aliphatic heterocycles. The summed E-state index contributed by atoms with van der Waals surface area (Å²) in [7, 11) is 0. The van der Waals surface area contributed by atoms with Crippen molar-refractivity contribution in [2.24, 2.45) is 5.73 Å². The number of hydrogen-bond acceptors (Lipinski definition) is 5. The number of carbonyl (C=O) groups excluding carboxylic acids is 2. The molecule has 6 heteroatoms. The smallest absolute Gasteiger partial charge is 0.320 e. The van der Waals surface area contributed by atoms with E-state index in [-0.39, 0.29) is 12.0 Å². The molecule has 0 radical (unpaired) electrons. The summed E-state index contributed by atoms with van der Waals surface area (Å²) in [5, 5.41) is 17.4. The number of aliphatic hydroxyl groups is 1. The van der Waals surface area contributed by atoms with Crippen LogP contribution in [0.25, 0.3) is 0 Å². The van der Waals surface area contributed by atoms with Gasteiger partial charge in [-0.05, 0) is 6.08 Å². The maximum Gasteiger partial charge on any atom is 0.320 e. The van der Waals surface area contributed by atoms with E-state index in [1.54, 1.807) is 0 Å². The predicted molar refractivity (Wildman–Crippen MR) is 49.0 cm³/mol. The Morgan fingerprint density at radius 2 is 1.93 bits per heavy atom. The lowest BCUT2D eigenvalue weighted by Gasteiger charge is -2.10. The highest BCUT2D eigenvalue weighted by atomic mass is 16.4. The Labute approximate surface area is 84.7 Å². The van der Waals surface area contributed by atoms with Crippen LogP contribution in [0.15, 0.2) is 23.5 Å². The standard InChI is InChI=1S/C9H9NO5/c10-5(9(14)15)1-4-2-7(12)8(13)3-6(4)11/h2-3,5,13H,1,10H2,(H,14,15)/t5-/m0/s1. The maximum absolute atomic E-state index is 11.2. The van der Waals surface area contributed by atoms with Crippen molar-refractivity contribution in [1.29, 1.82) is 0 Å². The summed E-state index contributed by atoms with van der Waals surface area (Å²) >= 11 is 0. The molecule has 1 rings (SSSR count). The highest BCUT2D eigenvalue weighted by molar-refractivity contribution is 6.19. The van der Waals surface area contributed by atoms with E-state index in [9.17, 15) is 14.4 Å². The molecule has 0 spiro atoms. The minimum absolute atomic E-state index is 0.00676. The number of carboxylic acids is 1. The minimum atomic E-state index is -1.25. The summed E-state index contributed by atoms with van der Waals surface area (Å²) < 4.78 is 0. The minimum Gasteiger partial charge on any atom is -0.504 e. The van der Waals surface area contributed by atoms with Gasteiger partial charge < -0.3 is 15.9 Å². The van der Waals surface area contributed by atoms with Gasteiger partial charge in [0.05, 0.1) is 0 Å². The quantitative estimate of drug-likeness (QED) is 0.532. The average Bonchev–Trinajstić information content (AvgIpc) is 2.13. The Kier molecular flexibility index (Phi) is 3.01. The molecule has 1 aliphatic rings. The highest BCUT2D eigenvalue weighted by Crippen LogP contribution is 2.14. The molecule has 0 fully saturated rings. The van der Waals surface area contributed by atoms with Crippen molar-refractivity contribution in [3.05, 3.63) is 23.5 Å². The monoisotopic (exact) mass is 211 g/mol. The van der Waals surface area contributed by atoms with Crippen LogP contribution in [0, 0.1) is 0 Å². The zero-order valence-corrected chi connectivity index (χ0v) is 7.64. The zero-order valence-electron chi connectivity index (χ0n) is 7.64. The van der Waals surface area contributed by atoms with Crippen molar-refractivity contribution in [3.63, 3.8) is 0 Å². The van der Waals surface area contributed by atoms with Gasteiger partial charge in [0.25, 0.3) is 0 Å². The number of carbonyl (C=O) groups is 3. The third-order valence-corrected chi connectivity index (χ3v) is 1.90. The van der Waals surface area contributed by atoms with Crippen LogP contribution in [-0.4, -0.2) is 33.8 Å². The van der Waals surface area contributed by atoms with Gasteiger partial charge in [-0.1, -0.05) is 0 Å². The molecule has 1 atom stereocenters. The third kappa shape index (κ3) is 2.50. The lowest BCUT2D eigenvalue weighted by molar-refractivity contribution is -0.138. The Bertz CT molecular complexity index is 393. The largest absolute Gasteiger partial charge is 0.504 e. The number of nitrogens with two attached hydrogens (primary N) is 1. The van der Waals surface area contributed by atoms with Crippen molar-refractivity contribution in [2.45, 2.75) is 12.5 Å². The molecule has 0 bridgehead atoms. The Hall–Kier alpha value is -1.95. The van der Waals surface area contributed by atoms with Gasteiger partial charge >= 0.3 is 5.97 Å². The van der Waals surface area contributed by atoms with E-state index in [0.717, 1.165) is 12.2 Å². The van der Waals surface area contributed by atoms with E-state index >= 15 is 0 Å². The number of aliphatic hydroxyl groups excluding tert-OH is 1. The second-order valence-electron chi connectivity index (χ2n) is 3.08. The van der Waals surface area contributed by atoms with Gasteiger partial charge in [-0.25, -0.2) is 0 Å². The average molecular weight is 211 g/mol. The summed E-state index contributed by atoms with van der Waals surface area (Å²) in [6.07, 6.45) is 1.43. The van der Waals surface area contributed by atoms with Crippen molar-refractivity contribution in [3.8, 4) is 0 Å². The molecule has 6 nitrogen and oxygen atoms in total. The van der Waals surface area contributed by atoms with E-state index in [0.29, 0.717) is 0 Å². The molecule has 1 aliphatic carbocycles. The lowest BCUT2D eigenvalue weighted by Crippen LogP contribution is -2.32. The zero-order chi connectivity index (χ0) is 11.6. The normalized spacial score (nSPS) is 18.2. The third-order valence-electron chi connectivity index (χ3n) is 1.90. The second-order valence-corrected chi connectivity index (χ2v) is 3.08. The summed E-state index contributed by atoms with van der Waals surface area (Å²) in [5.41, 5.74) is 5.20. The van der Waals surface area contributed by atoms with Crippen LogP contribution in [0.5, 0.6) is 0 Å². The van der Waals surface area contributed by atoms with Crippen LogP contribution in [-0.2, 0) is 14.4 Å². The first-order valence-electron chi connectivity index (χ1n) is 4.10. The molecule has 0 saturated heterocycles. The van der Waals surface area contributed by atoms with Crippen molar-refractivity contribution in [1.82, 2.24) is 0 Å². The fourth-order valence-corrected chi connectivity index (χ4v) is 1.08. The van der Waals surface area contributed by atoms with Crippen molar-refractivity contribution >= 4 is 17.5 Å². The number of ketones is 2. The van der Waals surface area contributed by atoms with E-state index in [1.807, 2.05) is 0 Å². The summed E-state index contributed by atoms with van der Waals surface area (Å²) in [5.74, 6) is -3.21. The van der Waals surface area contributed by atoms with Gasteiger partial charge in [-0.15, -0.1) is 0 Å². The number of hydrogen-bond donors (Lipinski definition) is 3. The fourth-order valence-electron chi connectivity index (χ4n) is 1.08. The fraction of sp³-hybridized carbons (Fsp3) is 0.222. The molecule has 0 aromatic carbocycles. The number of aliphatic carboxylic acids is 1. The number of rotatable bonds is 3. The molecule has 0 amide bonds. The van der Waals surface area contributed by atoms with Crippen LogP contribution in [0.1, 0.15) is 6.42 Å². The SMILES string of the molecule is N[C@@H](CC1=CC(=O)C(O)=CC1=O)C(=O)O. The van der Waals surface area contributed by atoms with Gasteiger partial charge in [0, 0.05) is 18.1 Å². The molecule has 80 valence electrons. The molecular formula is C9H9NO5. The first-order chi connectivity index (χ1) is 6.91. The predicted octanol–water partition coefficient (Wildman–Crippen LogP) is -0.692. The van der Waals surface area contributed by atoms with Crippen LogP contribution < -0.4 is 5.73 Å². The molecule has 0 saturated carbocycles.